The molecule has 1 N–H and O–H groups in total. The van der Waals surface area contributed by atoms with Crippen LogP contribution in [0.4, 0.5) is 11.4 Å². The van der Waals surface area contributed by atoms with Crippen LogP contribution in [0.3, 0.4) is 0 Å². The molecule has 25 heavy (non-hydrogen) atoms. The van der Waals surface area contributed by atoms with Crippen molar-refractivity contribution in [3.8, 4) is 0 Å². The van der Waals surface area contributed by atoms with Crippen LogP contribution in [0.1, 0.15) is 19.3 Å². The third-order valence-corrected chi connectivity index (χ3v) is 5.37. The zero-order valence-corrected chi connectivity index (χ0v) is 15.3. The van der Waals surface area contributed by atoms with Crippen molar-refractivity contribution in [1.82, 2.24) is 10.2 Å². The lowest BCUT2D eigenvalue weighted by molar-refractivity contribution is -0.384. The fraction of sp³-hybridized carbons (Fsp3) is 0.588. The average Bonchev–Trinajstić information content (AvgIpc) is 3.03. The SMILES string of the molecule is CN(CC(=O)N1CCC2(CCNC2)CC1)c1ccccc1[N+](=O)[O-].Cl. The van der Waals surface area contributed by atoms with Crippen LogP contribution in [-0.4, -0.2) is 55.5 Å². The van der Waals surface area contributed by atoms with Crippen LogP contribution < -0.4 is 10.2 Å². The molecule has 8 heteroatoms. The summed E-state index contributed by atoms with van der Waals surface area (Å²) in [6, 6.07) is 6.53. The van der Waals surface area contributed by atoms with Gasteiger partial charge in [-0.2, -0.15) is 0 Å². The van der Waals surface area contributed by atoms with Crippen molar-refractivity contribution in [2.75, 3.05) is 44.7 Å². The van der Waals surface area contributed by atoms with Crippen molar-refractivity contribution in [3.05, 3.63) is 34.4 Å². The summed E-state index contributed by atoms with van der Waals surface area (Å²) in [7, 11) is 1.73. The van der Waals surface area contributed by atoms with Crippen LogP contribution in [0.25, 0.3) is 0 Å². The van der Waals surface area contributed by atoms with Crippen molar-refractivity contribution in [2.45, 2.75) is 19.3 Å². The molecule has 1 aromatic rings. The van der Waals surface area contributed by atoms with E-state index in [2.05, 4.69) is 5.32 Å². The van der Waals surface area contributed by atoms with Crippen molar-refractivity contribution in [3.63, 3.8) is 0 Å². The first-order valence-corrected chi connectivity index (χ1v) is 8.44. The molecule has 138 valence electrons. The molecule has 1 amide bonds. The number of nitro groups is 1. The highest BCUT2D eigenvalue weighted by Gasteiger charge is 2.38. The van der Waals surface area contributed by atoms with E-state index in [0.717, 1.165) is 39.0 Å². The Bertz CT molecular complexity index is 624. The molecule has 3 rings (SSSR count). The van der Waals surface area contributed by atoms with E-state index >= 15 is 0 Å². The summed E-state index contributed by atoms with van der Waals surface area (Å²) in [6.45, 7) is 3.87. The third-order valence-electron chi connectivity index (χ3n) is 5.37. The molecule has 0 unspecified atom stereocenters. The summed E-state index contributed by atoms with van der Waals surface area (Å²) >= 11 is 0. The second-order valence-corrected chi connectivity index (χ2v) is 6.91. The lowest BCUT2D eigenvalue weighted by Gasteiger charge is -2.39. The number of hydrogen-bond donors (Lipinski definition) is 1. The number of anilines is 1. The maximum absolute atomic E-state index is 12.6. The zero-order valence-electron chi connectivity index (χ0n) is 14.4. The minimum atomic E-state index is -0.409. The van der Waals surface area contributed by atoms with E-state index in [0.29, 0.717) is 11.1 Å². The number of rotatable bonds is 4. The summed E-state index contributed by atoms with van der Waals surface area (Å²) in [5.74, 6) is 0.0384. The number of nitrogens with zero attached hydrogens (tertiary/aromatic N) is 3. The Labute approximate surface area is 153 Å². The summed E-state index contributed by atoms with van der Waals surface area (Å²) in [4.78, 5) is 26.9. The second kappa shape index (κ2) is 8.01. The predicted octanol–water partition coefficient (Wildman–Crippen LogP) is 2.05. The standard InChI is InChI=1S/C17H24N4O3.ClH/c1-19(14-4-2-3-5-15(14)21(23)24)12-16(22)20-10-7-17(8-11-20)6-9-18-13-17;/h2-5,18H,6-13H2,1H3;1H. The van der Waals surface area contributed by atoms with Gasteiger partial charge in [-0.3, -0.25) is 14.9 Å². The largest absolute Gasteiger partial charge is 0.360 e. The average molecular weight is 369 g/mol. The number of hydrogen-bond acceptors (Lipinski definition) is 5. The van der Waals surface area contributed by atoms with Crippen LogP contribution in [0, 0.1) is 15.5 Å². The van der Waals surface area contributed by atoms with Gasteiger partial charge in [0.15, 0.2) is 0 Å². The van der Waals surface area contributed by atoms with Gasteiger partial charge in [0.2, 0.25) is 5.91 Å². The Morgan fingerprint density at radius 1 is 1.32 bits per heavy atom. The van der Waals surface area contributed by atoms with E-state index in [4.69, 9.17) is 0 Å². The first kappa shape index (κ1) is 19.5. The predicted molar refractivity (Wildman–Crippen MR) is 99.3 cm³/mol. The van der Waals surface area contributed by atoms with Gasteiger partial charge in [0.05, 0.1) is 11.5 Å². The van der Waals surface area contributed by atoms with Crippen LogP contribution in [0.2, 0.25) is 0 Å². The van der Waals surface area contributed by atoms with Gasteiger partial charge in [0, 0.05) is 32.7 Å². The molecule has 0 atom stereocenters. The molecule has 0 saturated carbocycles. The Morgan fingerprint density at radius 2 is 2.00 bits per heavy atom. The van der Waals surface area contributed by atoms with E-state index in [9.17, 15) is 14.9 Å². The van der Waals surface area contributed by atoms with E-state index in [1.807, 2.05) is 4.90 Å². The lowest BCUT2D eigenvalue weighted by atomic mass is 9.78. The number of nitro benzene ring substituents is 1. The van der Waals surface area contributed by atoms with Gasteiger partial charge in [0.25, 0.3) is 5.69 Å². The summed E-state index contributed by atoms with van der Waals surface area (Å²) in [5.41, 5.74) is 0.882. The molecule has 0 aromatic heterocycles. The number of carbonyl (C=O) groups excluding carboxylic acids is 1. The molecule has 2 saturated heterocycles. The van der Waals surface area contributed by atoms with E-state index in [1.54, 1.807) is 30.1 Å². The van der Waals surface area contributed by atoms with Crippen molar-refractivity contribution in [1.29, 1.82) is 0 Å². The molecule has 0 aliphatic carbocycles. The number of benzene rings is 1. The lowest BCUT2D eigenvalue weighted by Crippen LogP contribution is -2.47. The molecule has 0 bridgehead atoms. The highest BCUT2D eigenvalue weighted by molar-refractivity contribution is 5.85. The monoisotopic (exact) mass is 368 g/mol. The van der Waals surface area contributed by atoms with Gasteiger partial charge >= 0.3 is 0 Å². The molecule has 2 heterocycles. The quantitative estimate of drug-likeness (QED) is 0.650. The minimum Gasteiger partial charge on any atom is -0.360 e. The number of para-hydroxylation sites is 2. The Kier molecular flexibility index (Phi) is 6.24. The van der Waals surface area contributed by atoms with Crippen LogP contribution in [-0.2, 0) is 4.79 Å². The Balaban J connectivity index is 0.00000225. The summed E-state index contributed by atoms with van der Waals surface area (Å²) < 4.78 is 0. The van der Waals surface area contributed by atoms with Crippen molar-refractivity contribution >= 4 is 29.7 Å². The fourth-order valence-corrected chi connectivity index (χ4v) is 3.78. The maximum atomic E-state index is 12.6. The van der Waals surface area contributed by atoms with Crippen LogP contribution in [0.15, 0.2) is 24.3 Å². The van der Waals surface area contributed by atoms with Gasteiger partial charge in [0.1, 0.15) is 5.69 Å². The molecular formula is C17H25ClN4O3. The topological polar surface area (TPSA) is 78.7 Å². The van der Waals surface area contributed by atoms with E-state index in [1.165, 1.54) is 12.5 Å². The molecule has 1 spiro atoms. The van der Waals surface area contributed by atoms with E-state index in [-0.39, 0.29) is 30.5 Å². The molecule has 0 radical (unpaired) electrons. The normalized spacial score (nSPS) is 18.7. The first-order valence-electron chi connectivity index (χ1n) is 8.44. The Morgan fingerprint density at radius 3 is 2.60 bits per heavy atom. The van der Waals surface area contributed by atoms with Crippen molar-refractivity contribution in [2.24, 2.45) is 5.41 Å². The summed E-state index contributed by atoms with van der Waals surface area (Å²) in [6.07, 6.45) is 3.28. The first-order chi connectivity index (χ1) is 11.5. The highest BCUT2D eigenvalue weighted by atomic mass is 35.5. The van der Waals surface area contributed by atoms with Gasteiger partial charge in [-0.1, -0.05) is 12.1 Å². The number of nitrogens with one attached hydrogen (secondary N) is 1. The number of likely N-dealkylation sites (N-methyl/N-ethyl adjacent to an activating group) is 1. The Hall–Kier alpha value is -1.86. The number of carbonyl (C=O) groups is 1. The van der Waals surface area contributed by atoms with Gasteiger partial charge in [-0.05, 0) is 37.3 Å². The minimum absolute atomic E-state index is 0. The number of piperidine rings is 1. The zero-order chi connectivity index (χ0) is 17.2. The number of likely N-dealkylation sites (tertiary alicyclic amines) is 1. The van der Waals surface area contributed by atoms with Gasteiger partial charge in [-0.25, -0.2) is 0 Å². The van der Waals surface area contributed by atoms with Crippen LogP contribution >= 0.6 is 12.4 Å². The molecule has 2 aliphatic rings. The molecular weight excluding hydrogens is 344 g/mol. The summed E-state index contributed by atoms with van der Waals surface area (Å²) in [5, 5.41) is 14.6. The van der Waals surface area contributed by atoms with Crippen molar-refractivity contribution < 1.29 is 9.72 Å². The molecule has 1 aromatic carbocycles. The maximum Gasteiger partial charge on any atom is 0.292 e. The molecule has 2 aliphatic heterocycles. The van der Waals surface area contributed by atoms with Gasteiger partial charge in [-0.15, -0.1) is 12.4 Å². The molecule has 7 nitrogen and oxygen atoms in total. The van der Waals surface area contributed by atoms with E-state index < -0.39 is 4.92 Å². The van der Waals surface area contributed by atoms with Gasteiger partial charge < -0.3 is 15.1 Å². The number of amides is 1. The number of halogens is 1. The fourth-order valence-electron chi connectivity index (χ4n) is 3.78. The van der Waals surface area contributed by atoms with Crippen LogP contribution in [0.5, 0.6) is 0 Å². The molecule has 2 fully saturated rings. The third kappa shape index (κ3) is 4.22. The highest BCUT2D eigenvalue weighted by Crippen LogP contribution is 2.37. The second-order valence-electron chi connectivity index (χ2n) is 6.91. The smallest absolute Gasteiger partial charge is 0.292 e.